The Morgan fingerprint density at radius 2 is 2.14 bits per heavy atom. The number of amides is 2. The molecule has 2 amide bonds. The van der Waals surface area contributed by atoms with Gasteiger partial charge in [0, 0.05) is 12.6 Å². The van der Waals surface area contributed by atoms with Crippen molar-refractivity contribution in [2.45, 2.75) is 25.3 Å². The third kappa shape index (κ3) is 4.40. The summed E-state index contributed by atoms with van der Waals surface area (Å²) in [6, 6.07) is 8.13. The van der Waals surface area contributed by atoms with Gasteiger partial charge in [0.05, 0.1) is 18.6 Å². The number of likely N-dealkylation sites (tertiary alicyclic amines) is 1. The van der Waals surface area contributed by atoms with Crippen molar-refractivity contribution in [1.82, 2.24) is 4.90 Å². The molecule has 0 saturated carbocycles. The molecule has 1 aromatic rings. The zero-order valence-corrected chi connectivity index (χ0v) is 13.6. The summed E-state index contributed by atoms with van der Waals surface area (Å²) in [6.45, 7) is 0.787. The highest BCUT2D eigenvalue weighted by Crippen LogP contribution is 2.26. The second-order valence-electron chi connectivity index (χ2n) is 5.36. The fourth-order valence-electron chi connectivity index (χ4n) is 2.82. The van der Waals surface area contributed by atoms with E-state index >= 15 is 0 Å². The molecule has 6 heteroatoms. The number of ether oxygens (including phenoxy) is 1. The van der Waals surface area contributed by atoms with Gasteiger partial charge in [-0.1, -0.05) is 18.2 Å². The molecule has 2 N–H and O–H groups in total. The molecule has 0 radical (unpaired) electrons. The van der Waals surface area contributed by atoms with Crippen LogP contribution in [0.25, 0.3) is 0 Å². The van der Waals surface area contributed by atoms with E-state index in [2.05, 4.69) is 0 Å². The maximum absolute atomic E-state index is 12.3. The van der Waals surface area contributed by atoms with Gasteiger partial charge < -0.3 is 15.4 Å². The summed E-state index contributed by atoms with van der Waals surface area (Å²) in [4.78, 5) is 25.0. The molecule has 0 spiro atoms. The van der Waals surface area contributed by atoms with E-state index in [1.54, 1.807) is 7.11 Å². The summed E-state index contributed by atoms with van der Waals surface area (Å²) in [7, 11) is 1.66. The van der Waals surface area contributed by atoms with Gasteiger partial charge in [-0.2, -0.15) is 0 Å². The fraction of sp³-hybridized carbons (Fsp3) is 0.500. The normalized spacial score (nSPS) is 17.5. The average molecular weight is 322 g/mol. The molecule has 1 aromatic carbocycles. The number of primary amides is 1. The molecule has 1 saturated heterocycles. The van der Waals surface area contributed by atoms with Gasteiger partial charge in [-0.05, 0) is 30.9 Å². The maximum atomic E-state index is 12.3. The number of carbonyl (C=O) groups is 2. The second-order valence-corrected chi connectivity index (χ2v) is 6.34. The first-order valence-electron chi connectivity index (χ1n) is 7.39. The van der Waals surface area contributed by atoms with Crippen LogP contribution in [0.3, 0.4) is 0 Å². The first kappa shape index (κ1) is 16.7. The lowest BCUT2D eigenvalue weighted by Crippen LogP contribution is -2.38. The molecular weight excluding hydrogens is 300 g/mol. The van der Waals surface area contributed by atoms with Crippen LogP contribution in [-0.2, 0) is 16.0 Å². The van der Waals surface area contributed by atoms with E-state index < -0.39 is 0 Å². The number of hydrogen-bond acceptors (Lipinski definition) is 4. The van der Waals surface area contributed by atoms with Crippen LogP contribution in [0, 0.1) is 0 Å². The second kappa shape index (κ2) is 8.08. The fourth-order valence-corrected chi connectivity index (χ4v) is 3.47. The van der Waals surface area contributed by atoms with Crippen LogP contribution in [0.5, 0.6) is 5.75 Å². The van der Waals surface area contributed by atoms with Crippen molar-refractivity contribution in [2.75, 3.05) is 25.2 Å². The van der Waals surface area contributed by atoms with Crippen LogP contribution < -0.4 is 10.5 Å². The summed E-state index contributed by atoms with van der Waals surface area (Å²) in [5.41, 5.74) is 6.22. The minimum Gasteiger partial charge on any atom is -0.496 e. The van der Waals surface area contributed by atoms with Gasteiger partial charge in [0.1, 0.15) is 5.75 Å². The first-order chi connectivity index (χ1) is 10.6. The predicted octanol–water partition coefficient (Wildman–Crippen LogP) is 1.45. The molecule has 2 rings (SSSR count). The van der Waals surface area contributed by atoms with Crippen molar-refractivity contribution in [1.29, 1.82) is 0 Å². The van der Waals surface area contributed by atoms with Crippen LogP contribution in [-0.4, -0.2) is 47.9 Å². The maximum Gasteiger partial charge on any atom is 0.232 e. The predicted molar refractivity (Wildman–Crippen MR) is 88.0 cm³/mol. The Morgan fingerprint density at radius 1 is 1.36 bits per heavy atom. The van der Waals surface area contributed by atoms with E-state index in [1.807, 2.05) is 29.2 Å². The van der Waals surface area contributed by atoms with Gasteiger partial charge in [0.25, 0.3) is 0 Å². The Balaban J connectivity index is 1.95. The summed E-state index contributed by atoms with van der Waals surface area (Å²) in [5, 5.41) is 0. The third-order valence-electron chi connectivity index (χ3n) is 3.82. The van der Waals surface area contributed by atoms with Gasteiger partial charge >= 0.3 is 0 Å². The van der Waals surface area contributed by atoms with Crippen molar-refractivity contribution >= 4 is 23.6 Å². The Morgan fingerprint density at radius 3 is 2.86 bits per heavy atom. The Kier molecular flexibility index (Phi) is 6.12. The molecule has 1 atom stereocenters. The summed E-state index contributed by atoms with van der Waals surface area (Å²) >= 11 is 1.28. The number of thioether (sulfide) groups is 1. The van der Waals surface area contributed by atoms with E-state index in [4.69, 9.17) is 10.5 Å². The van der Waals surface area contributed by atoms with E-state index in [1.165, 1.54) is 11.8 Å². The molecule has 1 unspecified atom stereocenters. The number of nitrogens with two attached hydrogens (primary N) is 1. The lowest BCUT2D eigenvalue weighted by molar-refractivity contribution is -0.129. The molecular formula is C16H22N2O3S. The lowest BCUT2D eigenvalue weighted by atomic mass is 10.0. The molecule has 1 fully saturated rings. The first-order valence-corrected chi connectivity index (χ1v) is 8.54. The van der Waals surface area contributed by atoms with Gasteiger partial charge in [-0.15, -0.1) is 11.8 Å². The Bertz CT molecular complexity index is 536. The highest BCUT2D eigenvalue weighted by Gasteiger charge is 2.29. The van der Waals surface area contributed by atoms with Crippen molar-refractivity contribution in [3.05, 3.63) is 29.8 Å². The number of methoxy groups -OCH3 is 1. The van der Waals surface area contributed by atoms with Crippen LogP contribution in [0.1, 0.15) is 18.4 Å². The molecule has 120 valence electrons. The number of benzene rings is 1. The average Bonchev–Trinajstić information content (AvgIpc) is 2.95. The van der Waals surface area contributed by atoms with Crippen LogP contribution in [0.4, 0.5) is 0 Å². The van der Waals surface area contributed by atoms with Gasteiger partial charge in [-0.3, -0.25) is 9.59 Å². The van der Waals surface area contributed by atoms with Crippen LogP contribution in [0.15, 0.2) is 24.3 Å². The van der Waals surface area contributed by atoms with E-state index in [0.29, 0.717) is 5.75 Å². The Hall–Kier alpha value is -1.69. The number of rotatable bonds is 7. The number of carbonyl (C=O) groups excluding carboxylic acids is 2. The monoisotopic (exact) mass is 322 g/mol. The topological polar surface area (TPSA) is 72.6 Å². The summed E-state index contributed by atoms with van der Waals surface area (Å²) in [6.07, 6.45) is 2.83. The van der Waals surface area contributed by atoms with E-state index in [9.17, 15) is 9.59 Å². The van der Waals surface area contributed by atoms with Gasteiger partial charge in [-0.25, -0.2) is 0 Å². The van der Waals surface area contributed by atoms with Crippen molar-refractivity contribution in [2.24, 2.45) is 5.73 Å². The highest BCUT2D eigenvalue weighted by molar-refractivity contribution is 8.00. The number of hydrogen-bond donors (Lipinski definition) is 1. The smallest absolute Gasteiger partial charge is 0.232 e. The zero-order valence-electron chi connectivity index (χ0n) is 12.8. The number of nitrogens with zero attached hydrogens (tertiary/aromatic N) is 1. The molecule has 0 aliphatic carbocycles. The van der Waals surface area contributed by atoms with Crippen LogP contribution in [0.2, 0.25) is 0 Å². The quantitative estimate of drug-likeness (QED) is 0.824. The van der Waals surface area contributed by atoms with Crippen molar-refractivity contribution < 1.29 is 14.3 Å². The lowest BCUT2D eigenvalue weighted by Gasteiger charge is -2.25. The van der Waals surface area contributed by atoms with Gasteiger partial charge in [0.15, 0.2) is 0 Å². The number of para-hydroxylation sites is 1. The molecule has 0 aromatic heterocycles. The minimum absolute atomic E-state index is 0.0867. The molecule has 5 nitrogen and oxygen atoms in total. The SMILES string of the molecule is COc1ccccc1CC1CCCN1C(=O)CSCC(N)=O. The standard InChI is InChI=1S/C16H22N2O3S/c1-21-14-7-3-2-5-12(14)9-13-6-4-8-18(13)16(20)11-22-10-15(17)19/h2-3,5,7,13H,4,6,8-11H2,1H3,(H2,17,19). The molecule has 1 aliphatic rings. The third-order valence-corrected chi connectivity index (χ3v) is 4.76. The van der Waals surface area contributed by atoms with Crippen molar-refractivity contribution in [3.63, 3.8) is 0 Å². The zero-order chi connectivity index (χ0) is 15.9. The molecule has 22 heavy (non-hydrogen) atoms. The van der Waals surface area contributed by atoms with Gasteiger partial charge in [0.2, 0.25) is 11.8 Å². The largest absolute Gasteiger partial charge is 0.496 e. The molecule has 0 bridgehead atoms. The van der Waals surface area contributed by atoms with Crippen LogP contribution >= 0.6 is 11.8 Å². The Labute approximate surface area is 135 Å². The highest BCUT2D eigenvalue weighted by atomic mass is 32.2. The minimum atomic E-state index is -0.384. The molecule has 1 aliphatic heterocycles. The summed E-state index contributed by atoms with van der Waals surface area (Å²) < 4.78 is 5.38. The molecule has 1 heterocycles. The van der Waals surface area contributed by atoms with Crippen molar-refractivity contribution in [3.8, 4) is 5.75 Å². The van der Waals surface area contributed by atoms with E-state index in [0.717, 1.165) is 37.1 Å². The van der Waals surface area contributed by atoms with E-state index in [-0.39, 0.29) is 23.6 Å². The summed E-state index contributed by atoms with van der Waals surface area (Å²) in [5.74, 6) is 1.07.